The van der Waals surface area contributed by atoms with Crippen LogP contribution >= 0.6 is 11.6 Å². The lowest BCUT2D eigenvalue weighted by Crippen LogP contribution is -2.40. The Morgan fingerprint density at radius 3 is 3.00 bits per heavy atom. The highest BCUT2D eigenvalue weighted by atomic mass is 35.5. The lowest BCUT2D eigenvalue weighted by Gasteiger charge is -2.30. The third kappa shape index (κ3) is 2.28. The van der Waals surface area contributed by atoms with E-state index >= 15 is 0 Å². The number of hydrogen-bond donors (Lipinski definition) is 1. The van der Waals surface area contributed by atoms with Gasteiger partial charge in [-0.05, 0) is 37.9 Å². The first-order valence-corrected chi connectivity index (χ1v) is 7.56. The van der Waals surface area contributed by atoms with Gasteiger partial charge in [0.1, 0.15) is 5.76 Å². The smallest absolute Gasteiger partial charge is 0.152 e. The van der Waals surface area contributed by atoms with Crippen molar-refractivity contribution < 1.29 is 4.42 Å². The van der Waals surface area contributed by atoms with E-state index < -0.39 is 0 Å². The van der Waals surface area contributed by atoms with E-state index in [0.29, 0.717) is 5.02 Å². The predicted octanol–water partition coefficient (Wildman–Crippen LogP) is 4.86. The highest BCUT2D eigenvalue weighted by Gasteiger charge is 2.34. The lowest BCUT2D eigenvalue weighted by molar-refractivity contribution is 0.259. The number of halogens is 1. The van der Waals surface area contributed by atoms with Crippen molar-refractivity contribution in [3.63, 3.8) is 0 Å². The van der Waals surface area contributed by atoms with Crippen molar-refractivity contribution in [1.29, 1.82) is 0 Å². The van der Waals surface area contributed by atoms with Gasteiger partial charge in [0.05, 0.1) is 10.6 Å². The summed E-state index contributed by atoms with van der Waals surface area (Å²) in [5, 5.41) is 5.50. The third-order valence-electron chi connectivity index (χ3n) is 4.31. The Labute approximate surface area is 119 Å². The molecule has 1 unspecified atom stereocenters. The largest absolute Gasteiger partial charge is 0.458 e. The number of nitrogens with one attached hydrogen (secondary N) is 1. The van der Waals surface area contributed by atoms with Gasteiger partial charge in [-0.1, -0.05) is 43.5 Å². The minimum absolute atomic E-state index is 0.0150. The lowest BCUT2D eigenvalue weighted by atomic mass is 9.88. The van der Waals surface area contributed by atoms with Crippen molar-refractivity contribution >= 4 is 22.6 Å². The van der Waals surface area contributed by atoms with Crippen LogP contribution in [0.25, 0.3) is 11.0 Å². The van der Waals surface area contributed by atoms with E-state index in [4.69, 9.17) is 16.0 Å². The van der Waals surface area contributed by atoms with Crippen LogP contribution in [0.1, 0.15) is 44.8 Å². The SMILES string of the molecule is CCC1(c2cc3cccc(Cl)c3o2)CCCCCN1. The Kier molecular flexibility index (Phi) is 3.55. The fourth-order valence-corrected chi connectivity index (χ4v) is 3.31. The summed E-state index contributed by atoms with van der Waals surface area (Å²) in [6, 6.07) is 8.08. The molecule has 0 saturated carbocycles. The topological polar surface area (TPSA) is 25.2 Å². The zero-order chi connectivity index (χ0) is 13.3. The average molecular weight is 278 g/mol. The first-order chi connectivity index (χ1) is 9.25. The van der Waals surface area contributed by atoms with E-state index in [2.05, 4.69) is 24.4 Å². The van der Waals surface area contributed by atoms with Crippen molar-refractivity contribution in [3.05, 3.63) is 35.0 Å². The molecule has 0 bridgehead atoms. The second kappa shape index (κ2) is 5.18. The molecule has 19 heavy (non-hydrogen) atoms. The van der Waals surface area contributed by atoms with E-state index in [-0.39, 0.29) is 5.54 Å². The standard InChI is InChI=1S/C16H20ClNO/c1-2-16(9-4-3-5-10-18-16)14-11-12-7-6-8-13(17)15(12)19-14/h6-8,11,18H,2-5,9-10H2,1H3. The van der Waals surface area contributed by atoms with Crippen LogP contribution in [0, 0.1) is 0 Å². The first-order valence-electron chi connectivity index (χ1n) is 7.19. The van der Waals surface area contributed by atoms with Gasteiger partial charge >= 0.3 is 0 Å². The van der Waals surface area contributed by atoms with Crippen molar-refractivity contribution in [3.8, 4) is 0 Å². The third-order valence-corrected chi connectivity index (χ3v) is 4.61. The Hall–Kier alpha value is -0.990. The first kappa shape index (κ1) is 13.0. The molecule has 1 saturated heterocycles. The Morgan fingerprint density at radius 2 is 2.21 bits per heavy atom. The Balaban J connectivity index is 2.07. The quantitative estimate of drug-likeness (QED) is 0.848. The van der Waals surface area contributed by atoms with Gasteiger partial charge in [0.15, 0.2) is 5.58 Å². The second-order valence-electron chi connectivity index (χ2n) is 5.44. The van der Waals surface area contributed by atoms with Crippen LogP contribution in [0.4, 0.5) is 0 Å². The van der Waals surface area contributed by atoms with E-state index in [0.717, 1.165) is 36.1 Å². The summed E-state index contributed by atoms with van der Waals surface area (Å²) in [6.45, 7) is 3.30. The van der Waals surface area contributed by atoms with Crippen LogP contribution in [0.15, 0.2) is 28.7 Å². The molecule has 3 rings (SSSR count). The van der Waals surface area contributed by atoms with Crippen LogP contribution in [0.3, 0.4) is 0 Å². The van der Waals surface area contributed by atoms with Gasteiger partial charge < -0.3 is 9.73 Å². The maximum absolute atomic E-state index is 6.22. The van der Waals surface area contributed by atoms with Gasteiger partial charge in [-0.25, -0.2) is 0 Å². The molecule has 3 heteroatoms. The van der Waals surface area contributed by atoms with Crippen molar-refractivity contribution in [2.75, 3.05) is 6.54 Å². The van der Waals surface area contributed by atoms with Gasteiger partial charge in [-0.15, -0.1) is 0 Å². The summed E-state index contributed by atoms with van der Waals surface area (Å²) in [7, 11) is 0. The molecule has 2 nitrogen and oxygen atoms in total. The number of para-hydroxylation sites is 1. The van der Waals surface area contributed by atoms with Gasteiger partial charge in [0, 0.05) is 5.39 Å². The normalized spacial score (nSPS) is 24.5. The highest BCUT2D eigenvalue weighted by molar-refractivity contribution is 6.34. The van der Waals surface area contributed by atoms with Crippen LogP contribution in [0.5, 0.6) is 0 Å². The number of fused-ring (bicyclic) bond motifs is 1. The van der Waals surface area contributed by atoms with E-state index in [1.54, 1.807) is 0 Å². The molecular formula is C16H20ClNO. The molecule has 2 heterocycles. The molecule has 1 fully saturated rings. The maximum atomic E-state index is 6.22. The van der Waals surface area contributed by atoms with Crippen molar-refractivity contribution in [2.24, 2.45) is 0 Å². The second-order valence-corrected chi connectivity index (χ2v) is 5.85. The molecule has 1 aliphatic rings. The van der Waals surface area contributed by atoms with Crippen molar-refractivity contribution in [2.45, 2.75) is 44.6 Å². The van der Waals surface area contributed by atoms with E-state index in [1.165, 1.54) is 19.3 Å². The van der Waals surface area contributed by atoms with Gasteiger partial charge in [-0.2, -0.15) is 0 Å². The van der Waals surface area contributed by atoms with Crippen molar-refractivity contribution in [1.82, 2.24) is 5.32 Å². The predicted molar refractivity (Wildman–Crippen MR) is 79.7 cm³/mol. The molecule has 1 N–H and O–H groups in total. The molecule has 0 amide bonds. The molecule has 1 atom stereocenters. The fraction of sp³-hybridized carbons (Fsp3) is 0.500. The summed E-state index contributed by atoms with van der Waals surface area (Å²) in [4.78, 5) is 0. The van der Waals surface area contributed by atoms with Gasteiger partial charge in [0.2, 0.25) is 0 Å². The summed E-state index contributed by atoms with van der Waals surface area (Å²) in [6.07, 6.45) is 6.00. The zero-order valence-corrected chi connectivity index (χ0v) is 12.1. The molecule has 102 valence electrons. The Bertz CT molecular complexity index is 567. The number of rotatable bonds is 2. The summed E-state index contributed by atoms with van der Waals surface area (Å²) >= 11 is 6.22. The fourth-order valence-electron chi connectivity index (χ4n) is 3.09. The van der Waals surface area contributed by atoms with Crippen LogP contribution < -0.4 is 5.32 Å². The molecular weight excluding hydrogens is 258 g/mol. The molecule has 1 aromatic carbocycles. The molecule has 2 aromatic rings. The number of furan rings is 1. The summed E-state index contributed by atoms with van der Waals surface area (Å²) in [5.41, 5.74) is 0.803. The van der Waals surface area contributed by atoms with Crippen LogP contribution in [-0.2, 0) is 5.54 Å². The minimum Gasteiger partial charge on any atom is -0.458 e. The average Bonchev–Trinajstić information content (AvgIpc) is 2.72. The summed E-state index contributed by atoms with van der Waals surface area (Å²) < 4.78 is 6.09. The van der Waals surface area contributed by atoms with Crippen LogP contribution in [-0.4, -0.2) is 6.54 Å². The van der Waals surface area contributed by atoms with Crippen LogP contribution in [0.2, 0.25) is 5.02 Å². The summed E-state index contributed by atoms with van der Waals surface area (Å²) in [5.74, 6) is 1.04. The number of hydrogen-bond acceptors (Lipinski definition) is 2. The monoisotopic (exact) mass is 277 g/mol. The van der Waals surface area contributed by atoms with E-state index in [9.17, 15) is 0 Å². The molecule has 0 radical (unpaired) electrons. The molecule has 0 aliphatic carbocycles. The van der Waals surface area contributed by atoms with E-state index in [1.807, 2.05) is 12.1 Å². The zero-order valence-electron chi connectivity index (χ0n) is 11.3. The van der Waals surface area contributed by atoms with Gasteiger partial charge in [0.25, 0.3) is 0 Å². The molecule has 1 aromatic heterocycles. The minimum atomic E-state index is -0.0150. The van der Waals surface area contributed by atoms with Gasteiger partial charge in [-0.3, -0.25) is 0 Å². The highest BCUT2D eigenvalue weighted by Crippen LogP contribution is 2.37. The maximum Gasteiger partial charge on any atom is 0.152 e. The number of benzene rings is 1. The molecule has 1 aliphatic heterocycles. The molecule has 0 spiro atoms. The Morgan fingerprint density at radius 1 is 1.32 bits per heavy atom.